The molecular formula is C19H17Br2ClN2O2. The van der Waals surface area contributed by atoms with Gasteiger partial charge in [0, 0.05) is 33.1 Å². The monoisotopic (exact) mass is 498 g/mol. The number of benzene rings is 2. The fourth-order valence-corrected chi connectivity index (χ4v) is 4.01. The summed E-state index contributed by atoms with van der Waals surface area (Å²) in [4.78, 5) is 14.6. The Hall–Kier alpha value is -1.34. The van der Waals surface area contributed by atoms with Crippen LogP contribution in [0.5, 0.6) is 0 Å². The van der Waals surface area contributed by atoms with Crippen LogP contribution in [0, 0.1) is 0 Å². The summed E-state index contributed by atoms with van der Waals surface area (Å²) >= 11 is 13.0. The molecule has 4 nitrogen and oxygen atoms in total. The fraction of sp³-hybridized carbons (Fsp3) is 0.211. The number of amides is 1. The van der Waals surface area contributed by atoms with Gasteiger partial charge in [-0.15, -0.1) is 0 Å². The quantitative estimate of drug-likeness (QED) is 0.489. The van der Waals surface area contributed by atoms with Gasteiger partial charge in [0.05, 0.1) is 18.9 Å². The minimum Gasteiger partial charge on any atom is -0.397 e. The summed E-state index contributed by atoms with van der Waals surface area (Å²) in [7, 11) is 0. The van der Waals surface area contributed by atoms with E-state index in [-0.39, 0.29) is 5.91 Å². The first-order valence-corrected chi connectivity index (χ1v) is 10.0. The molecule has 2 N–H and O–H groups in total. The summed E-state index contributed by atoms with van der Waals surface area (Å²) in [6.45, 7) is 2.32. The number of hydrogen-bond acceptors (Lipinski definition) is 3. The molecule has 3 rings (SSSR count). The molecule has 7 heteroatoms. The Morgan fingerprint density at radius 1 is 1.08 bits per heavy atom. The summed E-state index contributed by atoms with van der Waals surface area (Å²) in [5.41, 5.74) is 9.21. The third-order valence-corrected chi connectivity index (χ3v) is 5.70. The van der Waals surface area contributed by atoms with E-state index in [1.54, 1.807) is 11.0 Å². The van der Waals surface area contributed by atoms with Gasteiger partial charge in [-0.1, -0.05) is 23.7 Å². The van der Waals surface area contributed by atoms with Crippen molar-refractivity contribution >= 4 is 60.6 Å². The number of nitrogens with zero attached hydrogens (tertiary/aromatic N) is 1. The molecule has 0 aliphatic carbocycles. The number of rotatable bonds is 3. The average Bonchev–Trinajstić information content (AvgIpc) is 2.65. The van der Waals surface area contributed by atoms with E-state index in [1.807, 2.05) is 36.4 Å². The van der Waals surface area contributed by atoms with E-state index < -0.39 is 0 Å². The minimum absolute atomic E-state index is 0.0395. The van der Waals surface area contributed by atoms with Crippen LogP contribution in [0.2, 0.25) is 5.02 Å². The van der Waals surface area contributed by atoms with Crippen molar-refractivity contribution in [2.24, 2.45) is 0 Å². The van der Waals surface area contributed by atoms with Crippen LogP contribution >= 0.6 is 43.5 Å². The molecule has 0 spiro atoms. The van der Waals surface area contributed by atoms with E-state index in [0.717, 1.165) is 25.6 Å². The molecule has 1 saturated heterocycles. The number of ether oxygens (including phenoxy) is 1. The van der Waals surface area contributed by atoms with Gasteiger partial charge in [-0.2, -0.15) is 0 Å². The van der Waals surface area contributed by atoms with Crippen molar-refractivity contribution in [3.63, 3.8) is 0 Å². The lowest BCUT2D eigenvalue weighted by atomic mass is 9.97. The zero-order valence-electron chi connectivity index (χ0n) is 13.8. The molecular weight excluding hydrogens is 483 g/mol. The van der Waals surface area contributed by atoms with Gasteiger partial charge in [-0.3, -0.25) is 4.79 Å². The van der Waals surface area contributed by atoms with E-state index in [0.29, 0.717) is 37.0 Å². The molecule has 0 unspecified atom stereocenters. The summed E-state index contributed by atoms with van der Waals surface area (Å²) < 4.78 is 6.86. The van der Waals surface area contributed by atoms with Crippen LogP contribution in [0.3, 0.4) is 0 Å². The van der Waals surface area contributed by atoms with Gasteiger partial charge in [0.15, 0.2) is 0 Å². The lowest BCUT2D eigenvalue weighted by molar-refractivity contribution is -0.129. The highest BCUT2D eigenvalue weighted by Crippen LogP contribution is 2.34. The number of carbonyl (C=O) groups excluding carboxylic acids is 1. The number of morpholine rings is 1. The molecule has 1 heterocycles. The van der Waals surface area contributed by atoms with Gasteiger partial charge in [0.1, 0.15) is 0 Å². The third kappa shape index (κ3) is 4.49. The topological polar surface area (TPSA) is 55.6 Å². The highest BCUT2D eigenvalue weighted by Gasteiger charge is 2.18. The van der Waals surface area contributed by atoms with Crippen molar-refractivity contribution in [2.75, 3.05) is 32.0 Å². The molecule has 1 aliphatic heterocycles. The molecule has 26 heavy (non-hydrogen) atoms. The standard InChI is InChI=1S/C19H17Br2ClN2O2/c20-16-9-13(10-17(21)19(16)23)15(12-1-3-14(22)4-2-12)11-18(25)24-5-7-26-8-6-24/h1-4,9-11H,5-8,23H2. The number of carbonyl (C=O) groups is 1. The molecule has 1 amide bonds. The molecule has 1 fully saturated rings. The highest BCUT2D eigenvalue weighted by atomic mass is 79.9. The van der Waals surface area contributed by atoms with Gasteiger partial charge < -0.3 is 15.4 Å². The molecule has 0 saturated carbocycles. The zero-order chi connectivity index (χ0) is 18.7. The number of nitrogen functional groups attached to an aromatic ring is 1. The Morgan fingerprint density at radius 2 is 1.65 bits per heavy atom. The van der Waals surface area contributed by atoms with Crippen molar-refractivity contribution in [1.82, 2.24) is 4.90 Å². The average molecular weight is 501 g/mol. The van der Waals surface area contributed by atoms with Gasteiger partial charge in [-0.05, 0) is 72.8 Å². The number of anilines is 1. The van der Waals surface area contributed by atoms with Crippen molar-refractivity contribution < 1.29 is 9.53 Å². The van der Waals surface area contributed by atoms with Crippen LogP contribution in [0.15, 0.2) is 51.4 Å². The summed E-state index contributed by atoms with van der Waals surface area (Å²) in [5.74, 6) is -0.0395. The second-order valence-corrected chi connectivity index (χ2v) is 8.00. The predicted octanol–water partition coefficient (Wildman–Crippen LogP) is 4.74. The molecule has 2 aromatic carbocycles. The smallest absolute Gasteiger partial charge is 0.247 e. The molecule has 0 radical (unpaired) electrons. The van der Waals surface area contributed by atoms with Crippen molar-refractivity contribution in [2.45, 2.75) is 0 Å². The van der Waals surface area contributed by atoms with Crippen molar-refractivity contribution in [3.05, 3.63) is 67.6 Å². The van der Waals surface area contributed by atoms with Gasteiger partial charge in [0.25, 0.3) is 0 Å². The van der Waals surface area contributed by atoms with Crippen LogP contribution in [0.25, 0.3) is 5.57 Å². The van der Waals surface area contributed by atoms with Crippen LogP contribution in [-0.4, -0.2) is 37.1 Å². The highest BCUT2D eigenvalue weighted by molar-refractivity contribution is 9.11. The van der Waals surface area contributed by atoms with E-state index in [4.69, 9.17) is 22.1 Å². The number of halogens is 3. The molecule has 136 valence electrons. The summed E-state index contributed by atoms with van der Waals surface area (Å²) in [5, 5.41) is 0.646. The van der Waals surface area contributed by atoms with Gasteiger partial charge >= 0.3 is 0 Å². The first kappa shape index (κ1) is 19.4. The molecule has 0 bridgehead atoms. The zero-order valence-corrected chi connectivity index (χ0v) is 17.8. The third-order valence-electron chi connectivity index (χ3n) is 4.14. The predicted molar refractivity (Wildman–Crippen MR) is 112 cm³/mol. The maximum Gasteiger partial charge on any atom is 0.247 e. The van der Waals surface area contributed by atoms with E-state index in [2.05, 4.69) is 31.9 Å². The first-order chi connectivity index (χ1) is 12.5. The van der Waals surface area contributed by atoms with Crippen LogP contribution in [0.1, 0.15) is 11.1 Å². The molecule has 0 aromatic heterocycles. The van der Waals surface area contributed by atoms with Crippen molar-refractivity contribution in [3.8, 4) is 0 Å². The number of hydrogen-bond donors (Lipinski definition) is 1. The number of nitrogens with two attached hydrogens (primary N) is 1. The van der Waals surface area contributed by atoms with Gasteiger partial charge in [0.2, 0.25) is 5.91 Å². The minimum atomic E-state index is -0.0395. The largest absolute Gasteiger partial charge is 0.397 e. The van der Waals surface area contributed by atoms with E-state index >= 15 is 0 Å². The normalized spacial score (nSPS) is 15.2. The second-order valence-electron chi connectivity index (χ2n) is 5.86. The van der Waals surface area contributed by atoms with Crippen molar-refractivity contribution in [1.29, 1.82) is 0 Å². The SMILES string of the molecule is Nc1c(Br)cc(C(=CC(=O)N2CCOCC2)c2ccc(Cl)cc2)cc1Br. The van der Waals surface area contributed by atoms with Gasteiger partial charge in [-0.25, -0.2) is 0 Å². The Morgan fingerprint density at radius 3 is 2.23 bits per heavy atom. The Balaban J connectivity index is 2.05. The molecule has 0 atom stereocenters. The summed E-state index contributed by atoms with van der Waals surface area (Å²) in [6.07, 6.45) is 1.67. The van der Waals surface area contributed by atoms with Crippen LogP contribution < -0.4 is 5.73 Å². The lowest BCUT2D eigenvalue weighted by Gasteiger charge is -2.26. The molecule has 1 aliphatic rings. The van der Waals surface area contributed by atoms with Crippen LogP contribution in [0.4, 0.5) is 5.69 Å². The fourth-order valence-electron chi connectivity index (χ4n) is 2.70. The van der Waals surface area contributed by atoms with E-state index in [9.17, 15) is 4.79 Å². The second kappa shape index (κ2) is 8.57. The lowest BCUT2D eigenvalue weighted by Crippen LogP contribution is -2.39. The summed E-state index contributed by atoms with van der Waals surface area (Å²) in [6, 6.07) is 11.2. The maximum atomic E-state index is 12.8. The maximum absolute atomic E-state index is 12.8. The Labute approximate surface area is 174 Å². The first-order valence-electron chi connectivity index (χ1n) is 8.05. The molecule has 2 aromatic rings. The Bertz CT molecular complexity index is 824. The van der Waals surface area contributed by atoms with Crippen LogP contribution in [-0.2, 0) is 9.53 Å². The Kier molecular flexibility index (Phi) is 6.40. The van der Waals surface area contributed by atoms with E-state index in [1.165, 1.54) is 0 Å².